The maximum atomic E-state index is 12.7. The van der Waals surface area contributed by atoms with E-state index in [1.54, 1.807) is 24.3 Å². The molecule has 2 saturated heterocycles. The molecule has 7 heteroatoms. The molecule has 2 aromatic rings. The summed E-state index contributed by atoms with van der Waals surface area (Å²) in [4.78, 5) is 42.2. The SMILES string of the molecule is CN1CCN(c2ccccc2CNC(=O)c2ccc(CN3C(=O)CCC3=O)cc2)CC1. The number of imide groups is 1. The smallest absolute Gasteiger partial charge is 0.251 e. The van der Waals surface area contributed by atoms with Crippen LogP contribution < -0.4 is 10.2 Å². The molecule has 0 saturated carbocycles. The summed E-state index contributed by atoms with van der Waals surface area (Å²) in [5.74, 6) is -0.412. The highest BCUT2D eigenvalue weighted by molar-refractivity contribution is 6.01. The molecule has 2 fully saturated rings. The number of carbonyl (C=O) groups is 3. The van der Waals surface area contributed by atoms with Crippen molar-refractivity contribution in [2.75, 3.05) is 38.1 Å². The number of amides is 3. The number of carbonyl (C=O) groups excluding carboxylic acids is 3. The van der Waals surface area contributed by atoms with Gasteiger partial charge in [-0.15, -0.1) is 0 Å². The first kappa shape index (κ1) is 21.1. The van der Waals surface area contributed by atoms with Gasteiger partial charge in [-0.05, 0) is 36.4 Å². The van der Waals surface area contributed by atoms with Crippen molar-refractivity contribution in [2.24, 2.45) is 0 Å². The van der Waals surface area contributed by atoms with Crippen LogP contribution in [0.4, 0.5) is 5.69 Å². The third-order valence-electron chi connectivity index (χ3n) is 5.99. The van der Waals surface area contributed by atoms with Gasteiger partial charge < -0.3 is 15.1 Å². The fraction of sp³-hybridized carbons (Fsp3) is 0.375. The van der Waals surface area contributed by atoms with Crippen LogP contribution in [0, 0.1) is 0 Å². The average Bonchev–Trinajstić information content (AvgIpc) is 3.11. The number of nitrogens with zero attached hydrogens (tertiary/aromatic N) is 3. The van der Waals surface area contributed by atoms with Crippen molar-refractivity contribution in [1.82, 2.24) is 15.1 Å². The van der Waals surface area contributed by atoms with Crippen LogP contribution in [0.3, 0.4) is 0 Å². The van der Waals surface area contributed by atoms with Gasteiger partial charge in [-0.25, -0.2) is 0 Å². The summed E-state index contributed by atoms with van der Waals surface area (Å²) in [5.41, 5.74) is 3.66. The third-order valence-corrected chi connectivity index (χ3v) is 5.99. The van der Waals surface area contributed by atoms with Crippen LogP contribution in [-0.2, 0) is 22.7 Å². The van der Waals surface area contributed by atoms with Gasteiger partial charge >= 0.3 is 0 Å². The minimum absolute atomic E-state index is 0.133. The topological polar surface area (TPSA) is 73.0 Å². The van der Waals surface area contributed by atoms with Gasteiger partial charge in [0, 0.05) is 56.8 Å². The Morgan fingerprint density at radius 1 is 0.903 bits per heavy atom. The molecule has 0 aromatic heterocycles. The van der Waals surface area contributed by atoms with Crippen LogP contribution in [0.2, 0.25) is 0 Å². The van der Waals surface area contributed by atoms with E-state index in [-0.39, 0.29) is 37.1 Å². The van der Waals surface area contributed by atoms with E-state index >= 15 is 0 Å². The first-order chi connectivity index (χ1) is 15.0. The number of benzene rings is 2. The molecule has 7 nitrogen and oxygen atoms in total. The van der Waals surface area contributed by atoms with E-state index in [0.29, 0.717) is 12.1 Å². The van der Waals surface area contributed by atoms with E-state index in [2.05, 4.69) is 34.3 Å². The highest BCUT2D eigenvalue weighted by Crippen LogP contribution is 2.22. The van der Waals surface area contributed by atoms with Crippen molar-refractivity contribution >= 4 is 23.4 Å². The summed E-state index contributed by atoms with van der Waals surface area (Å²) < 4.78 is 0. The van der Waals surface area contributed by atoms with E-state index in [0.717, 1.165) is 37.3 Å². The van der Waals surface area contributed by atoms with Gasteiger partial charge in [-0.3, -0.25) is 19.3 Å². The summed E-state index contributed by atoms with van der Waals surface area (Å²) in [5, 5.41) is 3.02. The molecule has 3 amide bonds. The fourth-order valence-electron chi connectivity index (χ4n) is 4.04. The monoisotopic (exact) mass is 420 g/mol. The first-order valence-corrected chi connectivity index (χ1v) is 10.7. The summed E-state index contributed by atoms with van der Waals surface area (Å²) in [6, 6.07) is 15.3. The maximum Gasteiger partial charge on any atom is 0.251 e. The maximum absolute atomic E-state index is 12.7. The Morgan fingerprint density at radius 2 is 1.55 bits per heavy atom. The van der Waals surface area contributed by atoms with Gasteiger partial charge in [0.05, 0.1) is 6.54 Å². The highest BCUT2D eigenvalue weighted by atomic mass is 16.2. The number of piperazine rings is 1. The number of rotatable bonds is 6. The zero-order valence-electron chi connectivity index (χ0n) is 17.8. The molecular formula is C24H28N4O3. The number of para-hydroxylation sites is 1. The third kappa shape index (κ3) is 4.94. The summed E-state index contributed by atoms with van der Waals surface area (Å²) in [6.07, 6.45) is 0.573. The van der Waals surface area contributed by atoms with Crippen molar-refractivity contribution < 1.29 is 14.4 Å². The molecule has 2 aromatic carbocycles. The Labute approximate surface area is 182 Å². The van der Waals surface area contributed by atoms with Crippen molar-refractivity contribution in [2.45, 2.75) is 25.9 Å². The van der Waals surface area contributed by atoms with E-state index in [9.17, 15) is 14.4 Å². The van der Waals surface area contributed by atoms with Gasteiger partial charge in [0.15, 0.2) is 0 Å². The van der Waals surface area contributed by atoms with Crippen LogP contribution in [0.25, 0.3) is 0 Å². The number of anilines is 1. The van der Waals surface area contributed by atoms with Gasteiger partial charge in [0.2, 0.25) is 11.8 Å². The van der Waals surface area contributed by atoms with Gasteiger partial charge in [-0.2, -0.15) is 0 Å². The van der Waals surface area contributed by atoms with Crippen molar-refractivity contribution in [3.05, 3.63) is 65.2 Å². The van der Waals surface area contributed by atoms with E-state index in [1.165, 1.54) is 10.6 Å². The molecule has 2 aliphatic heterocycles. The second-order valence-electron chi connectivity index (χ2n) is 8.17. The minimum Gasteiger partial charge on any atom is -0.369 e. The Balaban J connectivity index is 1.36. The number of nitrogens with one attached hydrogen (secondary N) is 1. The minimum atomic E-state index is -0.145. The molecule has 0 bridgehead atoms. The summed E-state index contributed by atoms with van der Waals surface area (Å²) >= 11 is 0. The Morgan fingerprint density at radius 3 is 2.23 bits per heavy atom. The average molecular weight is 421 g/mol. The molecule has 162 valence electrons. The predicted octanol–water partition coefficient (Wildman–Crippen LogP) is 2.02. The van der Waals surface area contributed by atoms with E-state index < -0.39 is 0 Å². The molecule has 0 atom stereocenters. The molecule has 0 spiro atoms. The van der Waals surface area contributed by atoms with Gasteiger partial charge in [-0.1, -0.05) is 30.3 Å². The van der Waals surface area contributed by atoms with Crippen LogP contribution in [0.15, 0.2) is 48.5 Å². The lowest BCUT2D eigenvalue weighted by molar-refractivity contribution is -0.139. The summed E-state index contributed by atoms with van der Waals surface area (Å²) in [7, 11) is 2.13. The lowest BCUT2D eigenvalue weighted by atomic mass is 10.1. The first-order valence-electron chi connectivity index (χ1n) is 10.7. The zero-order chi connectivity index (χ0) is 21.8. The normalized spacial score (nSPS) is 17.3. The van der Waals surface area contributed by atoms with Crippen molar-refractivity contribution in [1.29, 1.82) is 0 Å². The Hall–Kier alpha value is -3.19. The number of likely N-dealkylation sites (N-methyl/N-ethyl adjacent to an activating group) is 1. The van der Waals surface area contributed by atoms with Crippen molar-refractivity contribution in [3.63, 3.8) is 0 Å². The fourth-order valence-corrected chi connectivity index (χ4v) is 4.04. The van der Waals surface area contributed by atoms with E-state index in [4.69, 9.17) is 0 Å². The second kappa shape index (κ2) is 9.31. The lowest BCUT2D eigenvalue weighted by Gasteiger charge is -2.35. The van der Waals surface area contributed by atoms with Crippen LogP contribution >= 0.6 is 0 Å². The Kier molecular flexibility index (Phi) is 6.32. The van der Waals surface area contributed by atoms with Crippen molar-refractivity contribution in [3.8, 4) is 0 Å². The van der Waals surface area contributed by atoms with Gasteiger partial charge in [0.25, 0.3) is 5.91 Å². The second-order valence-corrected chi connectivity index (χ2v) is 8.17. The predicted molar refractivity (Wildman–Crippen MR) is 119 cm³/mol. The molecule has 1 N–H and O–H groups in total. The molecule has 31 heavy (non-hydrogen) atoms. The molecular weight excluding hydrogens is 392 g/mol. The molecule has 2 aliphatic rings. The number of likely N-dealkylation sites (tertiary alicyclic amines) is 1. The molecule has 4 rings (SSSR count). The zero-order valence-corrected chi connectivity index (χ0v) is 17.8. The van der Waals surface area contributed by atoms with Crippen LogP contribution in [0.5, 0.6) is 0 Å². The number of hydrogen-bond donors (Lipinski definition) is 1. The van der Waals surface area contributed by atoms with Gasteiger partial charge in [0.1, 0.15) is 0 Å². The lowest BCUT2D eigenvalue weighted by Crippen LogP contribution is -2.45. The highest BCUT2D eigenvalue weighted by Gasteiger charge is 2.28. The molecule has 2 heterocycles. The number of hydrogen-bond acceptors (Lipinski definition) is 5. The van der Waals surface area contributed by atoms with E-state index in [1.807, 2.05) is 12.1 Å². The largest absolute Gasteiger partial charge is 0.369 e. The molecule has 0 aliphatic carbocycles. The molecule has 0 radical (unpaired) electrons. The Bertz CT molecular complexity index is 949. The quantitative estimate of drug-likeness (QED) is 0.724. The van der Waals surface area contributed by atoms with Crippen LogP contribution in [0.1, 0.15) is 34.3 Å². The molecule has 0 unspecified atom stereocenters. The van der Waals surface area contributed by atoms with Crippen LogP contribution in [-0.4, -0.2) is 60.7 Å². The summed E-state index contributed by atoms with van der Waals surface area (Å²) in [6.45, 7) is 4.73. The standard InChI is InChI=1S/C24H28N4O3/c1-26-12-14-27(15-13-26)21-5-3-2-4-20(21)16-25-24(31)19-8-6-18(7-9-19)17-28-22(29)10-11-23(28)30/h2-9H,10-17H2,1H3,(H,25,31).